The van der Waals surface area contributed by atoms with Gasteiger partial charge in [-0.3, -0.25) is 15.1 Å². The first-order valence-electron chi connectivity index (χ1n) is 8.59. The Morgan fingerprint density at radius 3 is 2.58 bits per heavy atom. The molecule has 0 saturated heterocycles. The zero-order chi connectivity index (χ0) is 18.1. The summed E-state index contributed by atoms with van der Waals surface area (Å²) in [4.78, 5) is 15.0. The number of non-ortho nitro benzene ring substituents is 1. The van der Waals surface area contributed by atoms with Crippen molar-refractivity contribution in [2.45, 2.75) is 18.9 Å². The average molecular weight is 349 g/mol. The van der Waals surface area contributed by atoms with Crippen LogP contribution in [0, 0.1) is 16.0 Å². The molecule has 0 aliphatic heterocycles. The van der Waals surface area contributed by atoms with Gasteiger partial charge in [-0.2, -0.15) is 0 Å². The van der Waals surface area contributed by atoms with Gasteiger partial charge < -0.3 is 10.1 Å². The van der Waals surface area contributed by atoms with Gasteiger partial charge >= 0.3 is 0 Å². The van der Waals surface area contributed by atoms with Crippen LogP contribution in [0.2, 0.25) is 0 Å². The zero-order valence-corrected chi connectivity index (χ0v) is 14.4. The van der Waals surface area contributed by atoms with Crippen LogP contribution in [0.3, 0.4) is 0 Å². The third kappa shape index (κ3) is 3.06. The molecule has 6 heteroatoms. The lowest BCUT2D eigenvalue weighted by Gasteiger charge is -2.21. The molecule has 4 rings (SSSR count). The molecular formula is C20H19N3O3. The number of hydrogen-bond donors (Lipinski definition) is 1. The molecule has 1 heterocycles. The maximum atomic E-state index is 11.3. The highest BCUT2D eigenvalue weighted by Crippen LogP contribution is 2.44. The summed E-state index contributed by atoms with van der Waals surface area (Å²) in [6.45, 7) is 0. The van der Waals surface area contributed by atoms with Gasteiger partial charge in [0.1, 0.15) is 5.75 Å². The van der Waals surface area contributed by atoms with Crippen molar-refractivity contribution in [2.75, 3.05) is 12.4 Å². The minimum absolute atomic E-state index is 0.0751. The fraction of sp³-hybridized carbons (Fsp3) is 0.250. The molecule has 132 valence electrons. The van der Waals surface area contributed by atoms with Gasteiger partial charge in [0.2, 0.25) is 0 Å². The Bertz CT molecular complexity index is 952. The number of nitro groups is 1. The molecule has 0 radical (unpaired) electrons. The monoisotopic (exact) mass is 349 g/mol. The van der Waals surface area contributed by atoms with Crippen LogP contribution in [-0.4, -0.2) is 17.0 Å². The summed E-state index contributed by atoms with van der Waals surface area (Å²) >= 11 is 0. The molecule has 1 unspecified atom stereocenters. The summed E-state index contributed by atoms with van der Waals surface area (Å²) in [5.41, 5.74) is 2.15. The highest BCUT2D eigenvalue weighted by molar-refractivity contribution is 5.99. The molecule has 0 bridgehead atoms. The van der Waals surface area contributed by atoms with E-state index in [-0.39, 0.29) is 16.7 Å². The lowest BCUT2D eigenvalue weighted by atomic mass is 10.0. The SMILES string of the molecule is COc1ccc(C(Nc2ccc([N+](=O)[O-])c3cnccc23)C2CC2)cc1. The summed E-state index contributed by atoms with van der Waals surface area (Å²) in [5, 5.41) is 16.3. The van der Waals surface area contributed by atoms with E-state index in [1.807, 2.05) is 18.2 Å². The first-order valence-corrected chi connectivity index (χ1v) is 8.59. The van der Waals surface area contributed by atoms with E-state index in [1.54, 1.807) is 31.6 Å². The van der Waals surface area contributed by atoms with Crippen molar-refractivity contribution in [3.05, 3.63) is 70.5 Å². The first kappa shape index (κ1) is 16.3. The van der Waals surface area contributed by atoms with Gasteiger partial charge in [0.15, 0.2) is 0 Å². The Labute approximate surface area is 151 Å². The molecule has 0 spiro atoms. The third-order valence-corrected chi connectivity index (χ3v) is 4.87. The van der Waals surface area contributed by atoms with Crippen molar-refractivity contribution in [1.29, 1.82) is 0 Å². The highest BCUT2D eigenvalue weighted by atomic mass is 16.6. The van der Waals surface area contributed by atoms with E-state index in [2.05, 4.69) is 22.4 Å². The van der Waals surface area contributed by atoms with Crippen LogP contribution in [0.5, 0.6) is 5.75 Å². The fourth-order valence-electron chi connectivity index (χ4n) is 3.34. The van der Waals surface area contributed by atoms with Gasteiger partial charge in [-0.15, -0.1) is 0 Å². The number of hydrogen-bond acceptors (Lipinski definition) is 5. The van der Waals surface area contributed by atoms with Crippen molar-refractivity contribution in [2.24, 2.45) is 5.92 Å². The molecule has 6 nitrogen and oxygen atoms in total. The van der Waals surface area contributed by atoms with E-state index in [1.165, 1.54) is 18.4 Å². The average Bonchev–Trinajstić information content (AvgIpc) is 3.51. The summed E-state index contributed by atoms with van der Waals surface area (Å²) in [7, 11) is 1.66. The molecule has 1 aromatic heterocycles. The van der Waals surface area contributed by atoms with Crippen LogP contribution in [0.25, 0.3) is 10.8 Å². The number of nitro benzene ring substituents is 1. The second-order valence-corrected chi connectivity index (χ2v) is 6.54. The second kappa shape index (κ2) is 6.63. The number of rotatable bonds is 6. The molecular weight excluding hydrogens is 330 g/mol. The summed E-state index contributed by atoms with van der Waals surface area (Å²) in [6, 6.07) is 13.4. The van der Waals surface area contributed by atoms with E-state index in [0.29, 0.717) is 11.3 Å². The number of methoxy groups -OCH3 is 1. The molecule has 1 fully saturated rings. The predicted octanol–water partition coefficient (Wildman–Crippen LogP) is 4.71. The number of nitrogens with one attached hydrogen (secondary N) is 1. The maximum Gasteiger partial charge on any atom is 0.278 e. The maximum absolute atomic E-state index is 11.3. The lowest BCUT2D eigenvalue weighted by Crippen LogP contribution is -2.13. The van der Waals surface area contributed by atoms with Crippen LogP contribution in [0.1, 0.15) is 24.4 Å². The molecule has 2 aromatic carbocycles. The van der Waals surface area contributed by atoms with Gasteiger partial charge in [0.05, 0.1) is 23.5 Å². The molecule has 1 aliphatic rings. The van der Waals surface area contributed by atoms with Gasteiger partial charge in [-0.05, 0) is 48.6 Å². The van der Waals surface area contributed by atoms with E-state index < -0.39 is 0 Å². The number of ether oxygens (including phenoxy) is 1. The van der Waals surface area contributed by atoms with Crippen molar-refractivity contribution in [3.63, 3.8) is 0 Å². The Morgan fingerprint density at radius 1 is 1.15 bits per heavy atom. The molecule has 1 saturated carbocycles. The van der Waals surface area contributed by atoms with E-state index in [4.69, 9.17) is 4.74 Å². The van der Waals surface area contributed by atoms with Crippen LogP contribution >= 0.6 is 0 Å². The Kier molecular flexibility index (Phi) is 4.16. The normalized spacial score (nSPS) is 14.8. The number of anilines is 1. The Hall–Kier alpha value is -3.15. The summed E-state index contributed by atoms with van der Waals surface area (Å²) in [5.74, 6) is 1.39. The molecule has 3 aromatic rings. The highest BCUT2D eigenvalue weighted by Gasteiger charge is 2.32. The van der Waals surface area contributed by atoms with Crippen LogP contribution in [0.4, 0.5) is 11.4 Å². The van der Waals surface area contributed by atoms with Crippen molar-refractivity contribution in [3.8, 4) is 5.75 Å². The van der Waals surface area contributed by atoms with E-state index in [9.17, 15) is 10.1 Å². The van der Waals surface area contributed by atoms with Gasteiger partial charge in [-0.25, -0.2) is 0 Å². The number of benzene rings is 2. The Morgan fingerprint density at radius 2 is 1.92 bits per heavy atom. The minimum atomic E-state index is -0.365. The summed E-state index contributed by atoms with van der Waals surface area (Å²) < 4.78 is 5.25. The van der Waals surface area contributed by atoms with E-state index in [0.717, 1.165) is 16.8 Å². The van der Waals surface area contributed by atoms with Crippen LogP contribution < -0.4 is 10.1 Å². The fourth-order valence-corrected chi connectivity index (χ4v) is 3.34. The molecule has 0 amide bonds. The lowest BCUT2D eigenvalue weighted by molar-refractivity contribution is -0.383. The van der Waals surface area contributed by atoms with Gasteiger partial charge in [0.25, 0.3) is 5.69 Å². The smallest absolute Gasteiger partial charge is 0.278 e. The predicted molar refractivity (Wildman–Crippen MR) is 100 cm³/mol. The number of aromatic nitrogens is 1. The molecule has 26 heavy (non-hydrogen) atoms. The molecule has 1 atom stereocenters. The molecule has 1 aliphatic carbocycles. The number of fused-ring (bicyclic) bond motifs is 1. The first-order chi connectivity index (χ1) is 12.7. The third-order valence-electron chi connectivity index (χ3n) is 4.87. The second-order valence-electron chi connectivity index (χ2n) is 6.54. The standard InChI is InChI=1S/C20H19N3O3/c1-26-15-6-4-14(5-7-15)20(13-2-3-13)22-18-8-9-19(23(24)25)17-12-21-11-10-16(17)18/h4-13,20,22H,2-3H2,1H3. The zero-order valence-electron chi connectivity index (χ0n) is 14.4. The minimum Gasteiger partial charge on any atom is -0.497 e. The topological polar surface area (TPSA) is 77.3 Å². The Balaban J connectivity index is 1.72. The van der Waals surface area contributed by atoms with Crippen LogP contribution in [0.15, 0.2) is 54.9 Å². The van der Waals surface area contributed by atoms with Crippen molar-refractivity contribution in [1.82, 2.24) is 4.98 Å². The van der Waals surface area contributed by atoms with E-state index >= 15 is 0 Å². The largest absolute Gasteiger partial charge is 0.497 e. The van der Waals surface area contributed by atoms with Crippen LogP contribution in [-0.2, 0) is 0 Å². The van der Waals surface area contributed by atoms with Gasteiger partial charge in [0, 0.05) is 29.5 Å². The molecule has 1 N–H and O–H groups in total. The van der Waals surface area contributed by atoms with Crippen molar-refractivity contribution < 1.29 is 9.66 Å². The van der Waals surface area contributed by atoms with Gasteiger partial charge in [-0.1, -0.05) is 12.1 Å². The number of pyridine rings is 1. The van der Waals surface area contributed by atoms with Crippen molar-refractivity contribution >= 4 is 22.1 Å². The summed E-state index contributed by atoms with van der Waals surface area (Å²) in [6.07, 6.45) is 5.57. The quantitative estimate of drug-likeness (QED) is 0.515. The number of nitrogens with zero attached hydrogens (tertiary/aromatic N) is 2.